The first-order valence-corrected chi connectivity index (χ1v) is 5.83. The largest absolute Gasteiger partial charge is 0.314 e. The first-order valence-electron chi connectivity index (χ1n) is 5.83. The van der Waals surface area contributed by atoms with E-state index in [1.165, 1.54) is 16.2 Å². The molecule has 3 rings (SSSR count). The van der Waals surface area contributed by atoms with Crippen LogP contribution >= 0.6 is 0 Å². The fourth-order valence-corrected chi connectivity index (χ4v) is 2.57. The number of nitrogens with one attached hydrogen (secondary N) is 1. The normalized spacial score (nSPS) is 26.9. The molecule has 1 aromatic rings. The average Bonchev–Trinajstić information content (AvgIpc) is 2.74. The molecule has 0 aliphatic carbocycles. The standard InChI is InChI=1S/C12H17N3O/c16-15-7-5-14(6-8-15)12-11-4-2-1-3-10(11)9-13-12/h1-4,12-13,16H,5-9H2. The topological polar surface area (TPSA) is 38.7 Å². The lowest BCUT2D eigenvalue weighted by Gasteiger charge is -2.35. The van der Waals surface area contributed by atoms with Crippen LogP contribution < -0.4 is 5.32 Å². The van der Waals surface area contributed by atoms with E-state index in [9.17, 15) is 5.21 Å². The molecule has 1 aromatic carbocycles. The van der Waals surface area contributed by atoms with Crippen LogP contribution in [0.25, 0.3) is 0 Å². The van der Waals surface area contributed by atoms with Gasteiger partial charge in [0.05, 0.1) is 6.17 Å². The zero-order valence-corrected chi connectivity index (χ0v) is 9.26. The summed E-state index contributed by atoms with van der Waals surface area (Å²) in [6, 6.07) is 8.58. The quantitative estimate of drug-likeness (QED) is 0.732. The molecule has 4 heteroatoms. The van der Waals surface area contributed by atoms with E-state index < -0.39 is 0 Å². The van der Waals surface area contributed by atoms with Gasteiger partial charge in [0.2, 0.25) is 0 Å². The van der Waals surface area contributed by atoms with Crippen LogP contribution in [0, 0.1) is 0 Å². The fraction of sp³-hybridized carbons (Fsp3) is 0.500. The van der Waals surface area contributed by atoms with Crippen LogP contribution in [0.4, 0.5) is 0 Å². The highest BCUT2D eigenvalue weighted by atomic mass is 16.5. The lowest BCUT2D eigenvalue weighted by molar-refractivity contribution is -0.123. The Morgan fingerprint density at radius 1 is 1.12 bits per heavy atom. The minimum absolute atomic E-state index is 0.338. The van der Waals surface area contributed by atoms with Crippen LogP contribution in [0.2, 0.25) is 0 Å². The van der Waals surface area contributed by atoms with Crippen molar-refractivity contribution in [2.24, 2.45) is 0 Å². The van der Waals surface area contributed by atoms with Crippen molar-refractivity contribution < 1.29 is 5.21 Å². The van der Waals surface area contributed by atoms with Crippen molar-refractivity contribution in [1.29, 1.82) is 0 Å². The Labute approximate surface area is 95.4 Å². The predicted molar refractivity (Wildman–Crippen MR) is 61.0 cm³/mol. The Bertz CT molecular complexity index is 374. The molecule has 4 nitrogen and oxygen atoms in total. The van der Waals surface area contributed by atoms with Crippen molar-refractivity contribution in [2.75, 3.05) is 26.2 Å². The van der Waals surface area contributed by atoms with E-state index >= 15 is 0 Å². The van der Waals surface area contributed by atoms with Crippen LogP contribution in [0.5, 0.6) is 0 Å². The van der Waals surface area contributed by atoms with Crippen LogP contribution in [0.1, 0.15) is 17.3 Å². The van der Waals surface area contributed by atoms with Gasteiger partial charge in [-0.05, 0) is 11.1 Å². The van der Waals surface area contributed by atoms with Gasteiger partial charge in [-0.15, -0.1) is 0 Å². The second-order valence-corrected chi connectivity index (χ2v) is 4.47. The summed E-state index contributed by atoms with van der Waals surface area (Å²) in [6.07, 6.45) is 0.338. The number of hydrogen-bond donors (Lipinski definition) is 2. The third kappa shape index (κ3) is 1.74. The molecule has 2 aliphatic rings. The van der Waals surface area contributed by atoms with E-state index in [-0.39, 0.29) is 0 Å². The third-order valence-electron chi connectivity index (χ3n) is 3.49. The summed E-state index contributed by atoms with van der Waals surface area (Å²) in [5.74, 6) is 0. The zero-order valence-electron chi connectivity index (χ0n) is 9.26. The highest BCUT2D eigenvalue weighted by Crippen LogP contribution is 2.28. The fourth-order valence-electron chi connectivity index (χ4n) is 2.57. The van der Waals surface area contributed by atoms with Crippen molar-refractivity contribution in [3.63, 3.8) is 0 Å². The third-order valence-corrected chi connectivity index (χ3v) is 3.49. The maximum absolute atomic E-state index is 9.35. The van der Waals surface area contributed by atoms with Crippen molar-refractivity contribution in [3.8, 4) is 0 Å². The maximum Gasteiger partial charge on any atom is 0.0867 e. The second-order valence-electron chi connectivity index (χ2n) is 4.47. The molecule has 1 saturated heterocycles. The van der Waals surface area contributed by atoms with Gasteiger partial charge in [-0.25, -0.2) is 0 Å². The number of rotatable bonds is 1. The van der Waals surface area contributed by atoms with Crippen LogP contribution in [-0.2, 0) is 6.54 Å². The molecular formula is C12H17N3O. The van der Waals surface area contributed by atoms with E-state index in [1.807, 2.05) is 0 Å². The first-order chi connectivity index (χ1) is 7.84. The summed E-state index contributed by atoms with van der Waals surface area (Å²) in [5, 5.41) is 14.3. The Hall–Kier alpha value is -0.940. The maximum atomic E-state index is 9.35. The van der Waals surface area contributed by atoms with E-state index in [0.717, 1.165) is 32.7 Å². The molecule has 86 valence electrons. The molecule has 2 aliphatic heterocycles. The zero-order chi connectivity index (χ0) is 11.0. The average molecular weight is 219 g/mol. The Balaban J connectivity index is 1.77. The van der Waals surface area contributed by atoms with Crippen LogP contribution in [0.3, 0.4) is 0 Å². The van der Waals surface area contributed by atoms with E-state index in [0.29, 0.717) is 6.17 Å². The van der Waals surface area contributed by atoms with E-state index in [2.05, 4.69) is 34.5 Å². The van der Waals surface area contributed by atoms with Crippen molar-refractivity contribution in [2.45, 2.75) is 12.7 Å². The van der Waals surface area contributed by atoms with E-state index in [1.54, 1.807) is 0 Å². The van der Waals surface area contributed by atoms with E-state index in [4.69, 9.17) is 0 Å². The van der Waals surface area contributed by atoms with Crippen molar-refractivity contribution in [3.05, 3.63) is 35.4 Å². The summed E-state index contributed by atoms with van der Waals surface area (Å²) in [5.41, 5.74) is 2.80. The highest BCUT2D eigenvalue weighted by Gasteiger charge is 2.29. The molecule has 16 heavy (non-hydrogen) atoms. The Morgan fingerprint density at radius 2 is 1.88 bits per heavy atom. The number of fused-ring (bicyclic) bond motifs is 1. The lowest BCUT2D eigenvalue weighted by Crippen LogP contribution is -2.48. The minimum atomic E-state index is 0.338. The molecule has 0 saturated carbocycles. The summed E-state index contributed by atoms with van der Waals surface area (Å²) in [4.78, 5) is 2.40. The molecule has 1 unspecified atom stereocenters. The molecule has 2 N–H and O–H groups in total. The molecule has 2 heterocycles. The van der Waals surface area contributed by atoms with Gasteiger partial charge in [0.15, 0.2) is 0 Å². The molecule has 0 aromatic heterocycles. The van der Waals surface area contributed by atoms with Gasteiger partial charge in [0.1, 0.15) is 0 Å². The minimum Gasteiger partial charge on any atom is -0.314 e. The molecule has 0 spiro atoms. The lowest BCUT2D eigenvalue weighted by atomic mass is 10.1. The number of benzene rings is 1. The molecule has 0 bridgehead atoms. The van der Waals surface area contributed by atoms with Crippen molar-refractivity contribution >= 4 is 0 Å². The molecule has 1 fully saturated rings. The van der Waals surface area contributed by atoms with Gasteiger partial charge in [0, 0.05) is 32.7 Å². The summed E-state index contributed by atoms with van der Waals surface area (Å²) in [7, 11) is 0. The highest BCUT2D eigenvalue weighted by molar-refractivity contribution is 5.33. The van der Waals surface area contributed by atoms with Gasteiger partial charge in [-0.1, -0.05) is 24.3 Å². The monoisotopic (exact) mass is 219 g/mol. The molecule has 1 atom stereocenters. The predicted octanol–water partition coefficient (Wildman–Crippen LogP) is 0.795. The summed E-state index contributed by atoms with van der Waals surface area (Å²) >= 11 is 0. The van der Waals surface area contributed by atoms with Gasteiger partial charge in [-0.2, -0.15) is 5.06 Å². The van der Waals surface area contributed by atoms with Gasteiger partial charge in [-0.3, -0.25) is 10.2 Å². The Morgan fingerprint density at radius 3 is 2.69 bits per heavy atom. The molecule has 0 radical (unpaired) electrons. The van der Waals surface area contributed by atoms with Gasteiger partial charge in [0.25, 0.3) is 0 Å². The number of nitrogens with zero attached hydrogens (tertiary/aromatic N) is 2. The smallest absolute Gasteiger partial charge is 0.0867 e. The van der Waals surface area contributed by atoms with Gasteiger partial charge >= 0.3 is 0 Å². The SMILES string of the molecule is ON1CCN(C2NCc3ccccc32)CC1. The Kier molecular flexibility index (Phi) is 2.65. The number of piperazine rings is 1. The van der Waals surface area contributed by atoms with Crippen LogP contribution in [0.15, 0.2) is 24.3 Å². The summed E-state index contributed by atoms with van der Waals surface area (Å²) < 4.78 is 0. The van der Waals surface area contributed by atoms with Crippen LogP contribution in [-0.4, -0.2) is 41.3 Å². The van der Waals surface area contributed by atoms with Crippen molar-refractivity contribution in [1.82, 2.24) is 15.3 Å². The summed E-state index contributed by atoms with van der Waals surface area (Å²) in [6.45, 7) is 4.27. The first kappa shape index (κ1) is 10.2. The van der Waals surface area contributed by atoms with Gasteiger partial charge < -0.3 is 5.21 Å². The molecular weight excluding hydrogens is 202 g/mol. The molecule has 0 amide bonds. The number of hydroxylamine groups is 2. The second kappa shape index (κ2) is 4.14. The number of hydrogen-bond acceptors (Lipinski definition) is 4.